The van der Waals surface area contributed by atoms with Crippen LogP contribution in [0.2, 0.25) is 5.02 Å². The van der Waals surface area contributed by atoms with Crippen LogP contribution in [0.4, 0.5) is 0 Å². The standard InChI is InChI=1S/C24H24ClN3O3/c1-14(29)15-2-3-19-18(4-5-27-21(19)11-15)20-13-17(25)10-16-12-22(31-23(16)20)24(30)28-8-6-26-7-9-28/h2-5,10-11,13-14,22,26,29H,6-9,12H2,1H3/t14?,22-/m1/s1. The largest absolute Gasteiger partial charge is 0.479 e. The number of amides is 1. The van der Waals surface area contributed by atoms with Crippen LogP contribution < -0.4 is 10.1 Å². The number of halogens is 1. The number of carbonyl (C=O) groups excluding carboxylic acids is 1. The highest BCUT2D eigenvalue weighted by molar-refractivity contribution is 6.31. The average molecular weight is 438 g/mol. The molecule has 1 fully saturated rings. The maximum Gasteiger partial charge on any atom is 0.264 e. The fourth-order valence-electron chi connectivity index (χ4n) is 4.41. The van der Waals surface area contributed by atoms with Crippen molar-refractivity contribution in [2.75, 3.05) is 26.2 Å². The number of fused-ring (bicyclic) bond motifs is 2. The molecule has 1 saturated heterocycles. The lowest BCUT2D eigenvalue weighted by atomic mass is 9.96. The van der Waals surface area contributed by atoms with E-state index in [1.807, 2.05) is 41.3 Å². The molecule has 7 heteroatoms. The number of pyridine rings is 1. The van der Waals surface area contributed by atoms with Gasteiger partial charge in [-0.1, -0.05) is 23.7 Å². The molecule has 1 unspecified atom stereocenters. The van der Waals surface area contributed by atoms with Crippen LogP contribution in [0.15, 0.2) is 42.6 Å². The van der Waals surface area contributed by atoms with Gasteiger partial charge < -0.3 is 20.1 Å². The van der Waals surface area contributed by atoms with E-state index in [4.69, 9.17) is 16.3 Å². The lowest BCUT2D eigenvalue weighted by Gasteiger charge is -2.29. The predicted octanol–water partition coefficient (Wildman–Crippen LogP) is 3.34. The van der Waals surface area contributed by atoms with E-state index in [-0.39, 0.29) is 5.91 Å². The second kappa shape index (κ2) is 8.11. The average Bonchev–Trinajstić information content (AvgIpc) is 3.21. The molecule has 0 spiro atoms. The first-order chi connectivity index (χ1) is 15.0. The van der Waals surface area contributed by atoms with E-state index in [9.17, 15) is 9.90 Å². The minimum absolute atomic E-state index is 0.0286. The first-order valence-electron chi connectivity index (χ1n) is 10.6. The Morgan fingerprint density at radius 2 is 2.03 bits per heavy atom. The van der Waals surface area contributed by atoms with E-state index >= 15 is 0 Å². The highest BCUT2D eigenvalue weighted by atomic mass is 35.5. The topological polar surface area (TPSA) is 74.7 Å². The van der Waals surface area contributed by atoms with Crippen molar-refractivity contribution < 1.29 is 14.6 Å². The molecule has 3 heterocycles. The molecule has 2 aliphatic rings. The van der Waals surface area contributed by atoms with E-state index in [1.165, 1.54) is 0 Å². The lowest BCUT2D eigenvalue weighted by molar-refractivity contribution is -0.138. The van der Waals surface area contributed by atoms with Crippen molar-refractivity contribution in [2.24, 2.45) is 0 Å². The van der Waals surface area contributed by atoms with Crippen LogP contribution in [-0.4, -0.2) is 53.2 Å². The summed E-state index contributed by atoms with van der Waals surface area (Å²) in [4.78, 5) is 19.4. The number of ether oxygens (including phenoxy) is 1. The zero-order valence-corrected chi connectivity index (χ0v) is 18.0. The molecule has 2 atom stereocenters. The number of aliphatic hydroxyl groups is 1. The molecule has 160 valence electrons. The Morgan fingerprint density at radius 3 is 2.81 bits per heavy atom. The molecule has 6 nitrogen and oxygen atoms in total. The van der Waals surface area contributed by atoms with Crippen molar-refractivity contribution in [3.8, 4) is 16.9 Å². The van der Waals surface area contributed by atoms with E-state index in [0.29, 0.717) is 30.3 Å². The summed E-state index contributed by atoms with van der Waals surface area (Å²) in [6.07, 6.45) is 1.17. The molecule has 1 aromatic heterocycles. The molecule has 3 aromatic rings. The maximum atomic E-state index is 13.0. The Hall–Kier alpha value is -2.67. The Morgan fingerprint density at radius 1 is 1.23 bits per heavy atom. The molecule has 0 radical (unpaired) electrons. The molecule has 31 heavy (non-hydrogen) atoms. The number of hydrogen-bond donors (Lipinski definition) is 2. The van der Waals surface area contributed by atoms with Crippen LogP contribution >= 0.6 is 11.6 Å². The van der Waals surface area contributed by atoms with Gasteiger partial charge in [-0.2, -0.15) is 0 Å². The second-order valence-corrected chi connectivity index (χ2v) is 8.58. The number of hydrogen-bond acceptors (Lipinski definition) is 5. The number of nitrogens with one attached hydrogen (secondary N) is 1. The summed E-state index contributed by atoms with van der Waals surface area (Å²) in [6, 6.07) is 11.5. The van der Waals surface area contributed by atoms with Gasteiger partial charge in [0.25, 0.3) is 5.91 Å². The van der Waals surface area contributed by atoms with Crippen LogP contribution in [0.1, 0.15) is 24.2 Å². The molecular weight excluding hydrogens is 414 g/mol. The SMILES string of the molecule is CC(O)c1ccc2c(-c3cc(Cl)cc4c3O[C@@H](C(=O)N3CCNCC3)C4)ccnc2c1. The second-order valence-electron chi connectivity index (χ2n) is 8.14. The number of rotatable bonds is 3. The van der Waals surface area contributed by atoms with Gasteiger partial charge in [0.1, 0.15) is 5.75 Å². The number of piperazine rings is 1. The molecule has 0 aliphatic carbocycles. The Bertz CT molecular complexity index is 1160. The van der Waals surface area contributed by atoms with Gasteiger partial charge in [0.15, 0.2) is 6.10 Å². The fourth-order valence-corrected chi connectivity index (χ4v) is 4.65. The summed E-state index contributed by atoms with van der Waals surface area (Å²) < 4.78 is 6.24. The van der Waals surface area contributed by atoms with Gasteiger partial charge in [-0.25, -0.2) is 0 Å². The summed E-state index contributed by atoms with van der Waals surface area (Å²) in [5.74, 6) is 0.742. The van der Waals surface area contributed by atoms with Gasteiger partial charge in [0.2, 0.25) is 0 Å². The van der Waals surface area contributed by atoms with E-state index in [0.717, 1.165) is 46.2 Å². The number of nitrogens with zero attached hydrogens (tertiary/aromatic N) is 2. The van der Waals surface area contributed by atoms with Crippen molar-refractivity contribution in [1.82, 2.24) is 15.2 Å². The minimum Gasteiger partial charge on any atom is -0.479 e. The van der Waals surface area contributed by atoms with Gasteiger partial charge >= 0.3 is 0 Å². The summed E-state index contributed by atoms with van der Waals surface area (Å²) in [5, 5.41) is 14.7. The lowest BCUT2D eigenvalue weighted by Crippen LogP contribution is -2.50. The molecular formula is C24H24ClN3O3. The van der Waals surface area contributed by atoms with Crippen LogP contribution in [0.5, 0.6) is 5.75 Å². The van der Waals surface area contributed by atoms with Crippen LogP contribution in [0, 0.1) is 0 Å². The Labute approximate surface area is 185 Å². The smallest absolute Gasteiger partial charge is 0.264 e. The van der Waals surface area contributed by atoms with Gasteiger partial charge in [0.05, 0.1) is 11.6 Å². The maximum absolute atomic E-state index is 13.0. The number of benzene rings is 2. The fraction of sp³-hybridized carbons (Fsp3) is 0.333. The number of aliphatic hydroxyl groups excluding tert-OH is 1. The number of aromatic nitrogens is 1. The number of carbonyl (C=O) groups is 1. The van der Waals surface area contributed by atoms with E-state index in [2.05, 4.69) is 10.3 Å². The van der Waals surface area contributed by atoms with Crippen molar-refractivity contribution in [3.63, 3.8) is 0 Å². The third-order valence-corrected chi connectivity index (χ3v) is 6.26. The van der Waals surface area contributed by atoms with Gasteiger partial charge in [0, 0.05) is 60.3 Å². The van der Waals surface area contributed by atoms with Crippen LogP contribution in [-0.2, 0) is 11.2 Å². The molecule has 5 rings (SSSR count). The first kappa shape index (κ1) is 20.2. The molecule has 0 bridgehead atoms. The van der Waals surface area contributed by atoms with Gasteiger partial charge in [-0.15, -0.1) is 0 Å². The van der Waals surface area contributed by atoms with Crippen molar-refractivity contribution in [3.05, 3.63) is 58.7 Å². The van der Waals surface area contributed by atoms with Crippen LogP contribution in [0.3, 0.4) is 0 Å². The van der Waals surface area contributed by atoms with Crippen molar-refractivity contribution in [1.29, 1.82) is 0 Å². The van der Waals surface area contributed by atoms with E-state index < -0.39 is 12.2 Å². The summed E-state index contributed by atoms with van der Waals surface area (Å²) >= 11 is 6.46. The van der Waals surface area contributed by atoms with E-state index in [1.54, 1.807) is 13.1 Å². The monoisotopic (exact) mass is 437 g/mol. The normalized spacial score (nSPS) is 19.2. The van der Waals surface area contributed by atoms with Gasteiger partial charge in [-0.3, -0.25) is 9.78 Å². The van der Waals surface area contributed by atoms with Crippen molar-refractivity contribution in [2.45, 2.75) is 25.6 Å². The quantitative estimate of drug-likeness (QED) is 0.657. The molecule has 0 saturated carbocycles. The summed E-state index contributed by atoms with van der Waals surface area (Å²) in [7, 11) is 0. The Kier molecular flexibility index (Phi) is 5.30. The third-order valence-electron chi connectivity index (χ3n) is 6.04. The molecule has 1 amide bonds. The third kappa shape index (κ3) is 3.76. The Balaban J connectivity index is 1.54. The summed E-state index contributed by atoms with van der Waals surface area (Å²) in [6.45, 7) is 4.74. The molecule has 2 N–H and O–H groups in total. The summed E-state index contributed by atoms with van der Waals surface area (Å²) in [5.41, 5.74) is 4.34. The first-order valence-corrected chi connectivity index (χ1v) is 10.9. The zero-order chi connectivity index (χ0) is 21.5. The predicted molar refractivity (Wildman–Crippen MR) is 120 cm³/mol. The molecule has 2 aromatic carbocycles. The minimum atomic E-state index is -0.564. The zero-order valence-electron chi connectivity index (χ0n) is 17.3. The van der Waals surface area contributed by atoms with Crippen LogP contribution in [0.25, 0.3) is 22.0 Å². The molecule has 2 aliphatic heterocycles. The van der Waals surface area contributed by atoms with Crippen molar-refractivity contribution >= 4 is 28.4 Å². The van der Waals surface area contributed by atoms with Gasteiger partial charge in [-0.05, 0) is 42.3 Å². The highest BCUT2D eigenvalue weighted by Gasteiger charge is 2.35. The highest BCUT2D eigenvalue weighted by Crippen LogP contribution is 2.43.